The second-order valence-corrected chi connectivity index (χ2v) is 7.07. The normalized spacial score (nSPS) is 15.4. The van der Waals surface area contributed by atoms with Crippen molar-refractivity contribution in [2.75, 3.05) is 22.5 Å². The molecule has 0 saturated heterocycles. The van der Waals surface area contributed by atoms with Gasteiger partial charge in [0.2, 0.25) is 11.9 Å². The third kappa shape index (κ3) is 3.21. The van der Waals surface area contributed by atoms with Crippen LogP contribution in [0.15, 0.2) is 30.5 Å². The van der Waals surface area contributed by atoms with Crippen LogP contribution in [0.1, 0.15) is 19.4 Å². The molecular weight excluding hydrogens is 373 g/mol. The SMILES string of the molecule is CC1(C)C(=O)Nc2ccc(Nc3nc(NCC(F)(F)F)c4cc[nH]c4n3)cc21. The number of hydrogen-bond donors (Lipinski definition) is 4. The maximum Gasteiger partial charge on any atom is 0.405 e. The fraction of sp³-hybridized carbons (Fsp3) is 0.278. The molecule has 3 heterocycles. The molecule has 1 aliphatic rings. The quantitative estimate of drug-likeness (QED) is 0.542. The number of nitrogens with one attached hydrogen (secondary N) is 4. The van der Waals surface area contributed by atoms with Crippen molar-refractivity contribution in [3.05, 3.63) is 36.0 Å². The molecule has 0 spiro atoms. The van der Waals surface area contributed by atoms with Gasteiger partial charge in [-0.15, -0.1) is 0 Å². The Morgan fingerprint density at radius 3 is 2.71 bits per heavy atom. The molecular formula is C18H17F3N6O. The van der Waals surface area contributed by atoms with Gasteiger partial charge in [-0.2, -0.15) is 23.1 Å². The van der Waals surface area contributed by atoms with Gasteiger partial charge in [0.1, 0.15) is 18.0 Å². The number of amides is 1. The smallest absolute Gasteiger partial charge is 0.360 e. The monoisotopic (exact) mass is 390 g/mol. The van der Waals surface area contributed by atoms with E-state index in [-0.39, 0.29) is 17.7 Å². The number of benzene rings is 1. The summed E-state index contributed by atoms with van der Waals surface area (Å²) in [5.41, 5.74) is 1.89. The highest BCUT2D eigenvalue weighted by atomic mass is 19.4. The van der Waals surface area contributed by atoms with E-state index in [0.717, 1.165) is 11.3 Å². The van der Waals surface area contributed by atoms with Crippen LogP contribution in [0.4, 0.5) is 36.3 Å². The van der Waals surface area contributed by atoms with Gasteiger partial charge in [0.05, 0.1) is 10.8 Å². The first-order valence-electron chi connectivity index (χ1n) is 8.52. The van der Waals surface area contributed by atoms with Crippen LogP contribution >= 0.6 is 0 Å². The molecule has 0 radical (unpaired) electrons. The molecule has 146 valence electrons. The summed E-state index contributed by atoms with van der Waals surface area (Å²) in [7, 11) is 0. The fourth-order valence-corrected chi connectivity index (χ4v) is 3.09. The summed E-state index contributed by atoms with van der Waals surface area (Å²) in [6.45, 7) is 2.43. The molecule has 0 fully saturated rings. The molecule has 4 rings (SSSR count). The lowest BCUT2D eigenvalue weighted by atomic mass is 9.86. The Kier molecular flexibility index (Phi) is 3.95. The summed E-state index contributed by atoms with van der Waals surface area (Å²) in [5.74, 6) is 0.112. The van der Waals surface area contributed by atoms with Crippen LogP contribution in [0, 0.1) is 0 Å². The third-order valence-corrected chi connectivity index (χ3v) is 4.64. The van der Waals surface area contributed by atoms with E-state index in [2.05, 4.69) is 30.9 Å². The lowest BCUT2D eigenvalue weighted by molar-refractivity contribution is -0.119. The van der Waals surface area contributed by atoms with Gasteiger partial charge in [0.15, 0.2) is 0 Å². The van der Waals surface area contributed by atoms with Crippen molar-refractivity contribution in [1.29, 1.82) is 0 Å². The van der Waals surface area contributed by atoms with Crippen LogP contribution in [-0.2, 0) is 10.2 Å². The van der Waals surface area contributed by atoms with Gasteiger partial charge in [-0.1, -0.05) is 0 Å². The second kappa shape index (κ2) is 6.11. The van der Waals surface area contributed by atoms with Gasteiger partial charge in [-0.3, -0.25) is 4.79 Å². The average Bonchev–Trinajstić information content (AvgIpc) is 3.16. The number of anilines is 4. The number of aromatic nitrogens is 3. The number of H-pyrrole nitrogens is 1. The topological polar surface area (TPSA) is 94.7 Å². The summed E-state index contributed by atoms with van der Waals surface area (Å²) < 4.78 is 37.8. The van der Waals surface area contributed by atoms with Crippen LogP contribution in [-0.4, -0.2) is 33.6 Å². The van der Waals surface area contributed by atoms with Gasteiger partial charge in [0, 0.05) is 17.6 Å². The number of fused-ring (bicyclic) bond motifs is 2. The molecule has 7 nitrogen and oxygen atoms in total. The molecule has 0 saturated carbocycles. The van der Waals surface area contributed by atoms with Crippen molar-refractivity contribution in [2.45, 2.75) is 25.4 Å². The van der Waals surface area contributed by atoms with Gasteiger partial charge in [-0.05, 0) is 43.7 Å². The predicted molar refractivity (Wildman–Crippen MR) is 99.8 cm³/mol. The molecule has 1 aliphatic heterocycles. The maximum atomic E-state index is 12.6. The molecule has 4 N–H and O–H groups in total. The standard InChI is InChI=1S/C18H17F3N6O/c1-17(2)11-7-9(3-4-12(11)25-15(17)28)24-16-26-13-10(5-6-22-13)14(27-16)23-8-18(19,20)21/h3-7H,8H2,1-2H3,(H,25,28)(H3,22,23,24,26,27). The number of aromatic amines is 1. The minimum Gasteiger partial charge on any atom is -0.360 e. The van der Waals surface area contributed by atoms with E-state index in [9.17, 15) is 18.0 Å². The van der Waals surface area contributed by atoms with Crippen LogP contribution in [0.5, 0.6) is 0 Å². The van der Waals surface area contributed by atoms with E-state index >= 15 is 0 Å². The minimum atomic E-state index is -4.37. The zero-order valence-electron chi connectivity index (χ0n) is 15.0. The highest BCUT2D eigenvalue weighted by Gasteiger charge is 2.38. The number of carbonyl (C=O) groups excluding carboxylic acids is 1. The van der Waals surface area contributed by atoms with Crippen molar-refractivity contribution < 1.29 is 18.0 Å². The van der Waals surface area contributed by atoms with E-state index in [4.69, 9.17) is 0 Å². The van der Waals surface area contributed by atoms with Crippen LogP contribution in [0.25, 0.3) is 11.0 Å². The molecule has 1 amide bonds. The first-order chi connectivity index (χ1) is 13.1. The number of carbonyl (C=O) groups is 1. The predicted octanol–water partition coefficient (Wildman–Crippen LogP) is 3.91. The molecule has 2 aromatic heterocycles. The van der Waals surface area contributed by atoms with E-state index < -0.39 is 18.1 Å². The number of rotatable bonds is 4. The molecule has 0 unspecified atom stereocenters. The lowest BCUT2D eigenvalue weighted by Gasteiger charge is -2.16. The fourth-order valence-electron chi connectivity index (χ4n) is 3.09. The van der Waals surface area contributed by atoms with Crippen molar-refractivity contribution >= 4 is 40.1 Å². The summed E-state index contributed by atoms with van der Waals surface area (Å²) in [6.07, 6.45) is -2.79. The molecule has 28 heavy (non-hydrogen) atoms. The second-order valence-electron chi connectivity index (χ2n) is 7.07. The summed E-state index contributed by atoms with van der Waals surface area (Å²) >= 11 is 0. The lowest BCUT2D eigenvalue weighted by Crippen LogP contribution is -2.26. The molecule has 0 bridgehead atoms. The maximum absolute atomic E-state index is 12.6. The van der Waals surface area contributed by atoms with Crippen molar-refractivity contribution in [2.24, 2.45) is 0 Å². The number of alkyl halides is 3. The molecule has 3 aromatic rings. The molecule has 1 aromatic carbocycles. The average molecular weight is 390 g/mol. The van der Waals surface area contributed by atoms with Gasteiger partial charge in [-0.25, -0.2) is 0 Å². The minimum absolute atomic E-state index is 0.0735. The zero-order valence-corrected chi connectivity index (χ0v) is 15.0. The first-order valence-corrected chi connectivity index (χ1v) is 8.52. The Labute approximate surface area is 157 Å². The summed E-state index contributed by atoms with van der Waals surface area (Å²) in [4.78, 5) is 23.4. The van der Waals surface area contributed by atoms with E-state index in [0.29, 0.717) is 16.7 Å². The zero-order chi connectivity index (χ0) is 20.1. The van der Waals surface area contributed by atoms with E-state index in [1.165, 1.54) is 0 Å². The Balaban J connectivity index is 1.66. The van der Waals surface area contributed by atoms with Crippen molar-refractivity contribution in [3.63, 3.8) is 0 Å². The van der Waals surface area contributed by atoms with Crippen LogP contribution in [0.2, 0.25) is 0 Å². The molecule has 10 heteroatoms. The molecule has 0 atom stereocenters. The first kappa shape index (κ1) is 18.1. The van der Waals surface area contributed by atoms with E-state index in [1.54, 1.807) is 30.5 Å². The summed E-state index contributed by atoms with van der Waals surface area (Å²) in [6, 6.07) is 6.91. The molecule has 0 aliphatic carbocycles. The highest BCUT2D eigenvalue weighted by Crippen LogP contribution is 2.39. The Hall–Kier alpha value is -3.30. The summed E-state index contributed by atoms with van der Waals surface area (Å²) in [5, 5.41) is 8.59. The largest absolute Gasteiger partial charge is 0.405 e. The third-order valence-electron chi connectivity index (χ3n) is 4.64. The van der Waals surface area contributed by atoms with Gasteiger partial charge >= 0.3 is 6.18 Å². The van der Waals surface area contributed by atoms with Crippen molar-refractivity contribution in [1.82, 2.24) is 15.0 Å². The van der Waals surface area contributed by atoms with Crippen molar-refractivity contribution in [3.8, 4) is 0 Å². The van der Waals surface area contributed by atoms with Crippen LogP contribution < -0.4 is 16.0 Å². The Bertz CT molecular complexity index is 1070. The Morgan fingerprint density at radius 2 is 1.96 bits per heavy atom. The Morgan fingerprint density at radius 1 is 1.18 bits per heavy atom. The number of halogens is 3. The number of nitrogens with zero attached hydrogens (tertiary/aromatic N) is 2. The van der Waals surface area contributed by atoms with Crippen LogP contribution in [0.3, 0.4) is 0 Å². The van der Waals surface area contributed by atoms with E-state index in [1.807, 2.05) is 13.8 Å². The number of hydrogen-bond acceptors (Lipinski definition) is 5. The highest BCUT2D eigenvalue weighted by molar-refractivity contribution is 6.06. The van der Waals surface area contributed by atoms with Gasteiger partial charge < -0.3 is 20.9 Å². The van der Waals surface area contributed by atoms with Gasteiger partial charge in [0.25, 0.3) is 0 Å².